The molecule has 1 aromatic carbocycles. The van der Waals surface area contributed by atoms with Crippen molar-refractivity contribution in [1.29, 1.82) is 0 Å². The molecule has 2 N–H and O–H groups in total. The highest BCUT2D eigenvalue weighted by Gasteiger charge is 2.14. The minimum atomic E-state index is -0.273. The van der Waals surface area contributed by atoms with Crippen LogP contribution in [0.4, 0.5) is 0 Å². The maximum Gasteiger partial charge on any atom is 0.230 e. The minimum absolute atomic E-state index is 0.165. The topological polar surface area (TPSA) is 43.1 Å². The van der Waals surface area contributed by atoms with Gasteiger partial charge in [-0.05, 0) is 30.0 Å². The van der Waals surface area contributed by atoms with Crippen molar-refractivity contribution in [1.82, 2.24) is 0 Å². The highest BCUT2D eigenvalue weighted by Crippen LogP contribution is 2.27. The van der Waals surface area contributed by atoms with Crippen LogP contribution >= 0.6 is 11.8 Å². The Morgan fingerprint density at radius 2 is 1.75 bits per heavy atom. The molecule has 3 heteroatoms. The quantitative estimate of drug-likeness (QED) is 0.821. The molecule has 0 aliphatic rings. The second-order valence-electron chi connectivity index (χ2n) is 4.94. The van der Waals surface area contributed by atoms with E-state index in [4.69, 9.17) is 5.73 Å². The Balaban J connectivity index is 2.76. The van der Waals surface area contributed by atoms with Crippen molar-refractivity contribution >= 4 is 17.7 Å². The van der Waals surface area contributed by atoms with E-state index in [-0.39, 0.29) is 16.6 Å². The van der Waals surface area contributed by atoms with E-state index >= 15 is 0 Å². The summed E-state index contributed by atoms with van der Waals surface area (Å²) in [6, 6.07) is 8.31. The van der Waals surface area contributed by atoms with Crippen LogP contribution in [0.2, 0.25) is 0 Å². The summed E-state index contributed by atoms with van der Waals surface area (Å²) in [7, 11) is 0. The van der Waals surface area contributed by atoms with E-state index in [0.29, 0.717) is 0 Å². The molecule has 1 rings (SSSR count). The Morgan fingerprint density at radius 3 is 2.12 bits per heavy atom. The molecule has 0 heterocycles. The number of hydrogen-bond acceptors (Lipinski definition) is 2. The molecule has 16 heavy (non-hydrogen) atoms. The van der Waals surface area contributed by atoms with Crippen molar-refractivity contribution in [2.45, 2.75) is 43.3 Å². The highest BCUT2D eigenvalue weighted by molar-refractivity contribution is 8.00. The summed E-state index contributed by atoms with van der Waals surface area (Å²) in [6.07, 6.45) is 0. The molecular weight excluding hydrogens is 218 g/mol. The van der Waals surface area contributed by atoms with E-state index < -0.39 is 0 Å². The van der Waals surface area contributed by atoms with E-state index in [2.05, 4.69) is 32.9 Å². The third-order valence-electron chi connectivity index (χ3n) is 2.43. The van der Waals surface area contributed by atoms with Gasteiger partial charge in [-0.1, -0.05) is 32.9 Å². The molecule has 2 nitrogen and oxygen atoms in total. The summed E-state index contributed by atoms with van der Waals surface area (Å²) >= 11 is 1.50. The molecular formula is C13H19NOS. The van der Waals surface area contributed by atoms with Crippen molar-refractivity contribution < 1.29 is 4.79 Å². The van der Waals surface area contributed by atoms with Gasteiger partial charge in [-0.25, -0.2) is 0 Å². The highest BCUT2D eigenvalue weighted by atomic mass is 32.2. The molecule has 0 saturated carbocycles. The van der Waals surface area contributed by atoms with E-state index in [1.807, 2.05) is 19.1 Å². The number of benzene rings is 1. The van der Waals surface area contributed by atoms with Crippen LogP contribution in [0.25, 0.3) is 0 Å². The number of carbonyl (C=O) groups is 1. The monoisotopic (exact) mass is 237 g/mol. The molecule has 0 aliphatic carbocycles. The summed E-state index contributed by atoms with van der Waals surface area (Å²) in [5.74, 6) is -0.273. The van der Waals surface area contributed by atoms with E-state index in [1.165, 1.54) is 17.3 Å². The van der Waals surface area contributed by atoms with Crippen LogP contribution in [0.1, 0.15) is 33.3 Å². The Hall–Kier alpha value is -0.960. The predicted octanol–water partition coefficient (Wildman–Crippen LogP) is 2.95. The van der Waals surface area contributed by atoms with Gasteiger partial charge in [0.1, 0.15) is 0 Å². The second-order valence-corrected chi connectivity index (χ2v) is 6.35. The van der Waals surface area contributed by atoms with Crippen molar-refractivity contribution in [2.24, 2.45) is 5.73 Å². The van der Waals surface area contributed by atoms with E-state index in [9.17, 15) is 4.79 Å². The first-order valence-electron chi connectivity index (χ1n) is 5.37. The van der Waals surface area contributed by atoms with Crippen molar-refractivity contribution in [3.63, 3.8) is 0 Å². The Kier molecular flexibility index (Phi) is 4.03. The lowest BCUT2D eigenvalue weighted by molar-refractivity contribution is -0.117. The minimum Gasteiger partial charge on any atom is -0.369 e. The predicted molar refractivity (Wildman–Crippen MR) is 69.7 cm³/mol. The fraction of sp³-hybridized carbons (Fsp3) is 0.462. The fourth-order valence-electron chi connectivity index (χ4n) is 1.30. The average Bonchev–Trinajstić information content (AvgIpc) is 2.17. The molecule has 0 saturated heterocycles. The standard InChI is InChI=1S/C13H19NOS/c1-9(12(14)15)16-11-7-5-10(6-8-11)13(2,3)4/h5-9H,1-4H3,(H2,14,15). The fourth-order valence-corrected chi connectivity index (χ4v) is 2.11. The number of hydrogen-bond donors (Lipinski definition) is 1. The zero-order valence-electron chi connectivity index (χ0n) is 10.3. The molecule has 0 spiro atoms. The Bertz CT molecular complexity index is 365. The molecule has 0 aliphatic heterocycles. The third kappa shape index (κ3) is 3.56. The number of nitrogens with two attached hydrogens (primary N) is 1. The van der Waals surface area contributed by atoms with Crippen LogP contribution in [-0.2, 0) is 10.2 Å². The summed E-state index contributed by atoms with van der Waals surface area (Å²) in [5, 5.41) is -0.180. The van der Waals surface area contributed by atoms with Gasteiger partial charge in [0, 0.05) is 4.90 Å². The number of primary amides is 1. The van der Waals surface area contributed by atoms with Crippen LogP contribution in [0, 0.1) is 0 Å². The van der Waals surface area contributed by atoms with Gasteiger partial charge in [0.15, 0.2) is 0 Å². The molecule has 1 atom stereocenters. The molecule has 88 valence electrons. The first-order chi connectivity index (χ1) is 7.30. The van der Waals surface area contributed by atoms with E-state index in [1.54, 1.807) is 0 Å². The number of amides is 1. The Labute approximate surface area is 102 Å². The lowest BCUT2D eigenvalue weighted by Crippen LogP contribution is -2.22. The second kappa shape index (κ2) is 4.91. The van der Waals surface area contributed by atoms with Crippen LogP contribution in [0.15, 0.2) is 29.2 Å². The van der Waals surface area contributed by atoms with Crippen LogP contribution in [0.5, 0.6) is 0 Å². The third-order valence-corrected chi connectivity index (χ3v) is 3.56. The lowest BCUT2D eigenvalue weighted by Gasteiger charge is -2.19. The van der Waals surface area contributed by atoms with Gasteiger partial charge in [-0.15, -0.1) is 11.8 Å². The van der Waals surface area contributed by atoms with Gasteiger partial charge in [0.05, 0.1) is 5.25 Å². The molecule has 0 aromatic heterocycles. The number of rotatable bonds is 3. The van der Waals surface area contributed by atoms with Gasteiger partial charge in [-0.3, -0.25) is 4.79 Å². The van der Waals surface area contributed by atoms with Gasteiger partial charge < -0.3 is 5.73 Å². The maximum absolute atomic E-state index is 10.9. The van der Waals surface area contributed by atoms with Gasteiger partial charge in [-0.2, -0.15) is 0 Å². The molecule has 1 amide bonds. The first-order valence-corrected chi connectivity index (χ1v) is 6.25. The zero-order valence-corrected chi connectivity index (χ0v) is 11.1. The summed E-state index contributed by atoms with van der Waals surface area (Å²) in [4.78, 5) is 12.0. The van der Waals surface area contributed by atoms with Gasteiger partial charge in [0.25, 0.3) is 0 Å². The van der Waals surface area contributed by atoms with Crippen LogP contribution in [0.3, 0.4) is 0 Å². The SMILES string of the molecule is CC(Sc1ccc(C(C)(C)C)cc1)C(N)=O. The number of carbonyl (C=O) groups excluding carboxylic acids is 1. The smallest absolute Gasteiger partial charge is 0.230 e. The van der Waals surface area contributed by atoms with Crippen molar-refractivity contribution in [3.05, 3.63) is 29.8 Å². The zero-order chi connectivity index (χ0) is 12.3. The average molecular weight is 237 g/mol. The van der Waals surface area contributed by atoms with Crippen molar-refractivity contribution in [3.8, 4) is 0 Å². The van der Waals surface area contributed by atoms with E-state index in [0.717, 1.165) is 4.90 Å². The summed E-state index contributed by atoms with van der Waals surface area (Å²) in [6.45, 7) is 8.37. The summed E-state index contributed by atoms with van der Waals surface area (Å²) < 4.78 is 0. The molecule has 0 radical (unpaired) electrons. The normalized spacial score (nSPS) is 13.5. The first kappa shape index (κ1) is 13.1. The van der Waals surface area contributed by atoms with Crippen molar-refractivity contribution in [2.75, 3.05) is 0 Å². The van der Waals surface area contributed by atoms with Crippen LogP contribution in [-0.4, -0.2) is 11.2 Å². The summed E-state index contributed by atoms with van der Waals surface area (Å²) in [5.41, 5.74) is 6.68. The van der Waals surface area contributed by atoms with Crippen LogP contribution < -0.4 is 5.73 Å². The molecule has 0 fully saturated rings. The Morgan fingerprint density at radius 1 is 1.25 bits per heavy atom. The largest absolute Gasteiger partial charge is 0.369 e. The molecule has 1 aromatic rings. The lowest BCUT2D eigenvalue weighted by atomic mass is 9.87. The maximum atomic E-state index is 10.9. The molecule has 1 unspecified atom stereocenters. The van der Waals surface area contributed by atoms with Gasteiger partial charge >= 0.3 is 0 Å². The van der Waals surface area contributed by atoms with Gasteiger partial charge in [0.2, 0.25) is 5.91 Å². The molecule has 0 bridgehead atoms. The number of thioether (sulfide) groups is 1.